The molecule has 2 rings (SSSR count). The molecule has 84 valence electrons. The van der Waals surface area contributed by atoms with Crippen molar-refractivity contribution in [3.63, 3.8) is 0 Å². The van der Waals surface area contributed by atoms with Crippen LogP contribution in [0.4, 0.5) is 4.39 Å². The van der Waals surface area contributed by atoms with Crippen molar-refractivity contribution >= 4 is 0 Å². The lowest BCUT2D eigenvalue weighted by Crippen LogP contribution is -2.29. The second-order valence-corrected chi connectivity index (χ2v) is 4.66. The molecule has 1 saturated heterocycles. The van der Waals surface area contributed by atoms with Crippen molar-refractivity contribution in [3.05, 3.63) is 18.0 Å². The van der Waals surface area contributed by atoms with Gasteiger partial charge in [-0.3, -0.25) is 4.68 Å². The number of nitrogens with zero attached hydrogens (tertiary/aromatic N) is 2. The van der Waals surface area contributed by atoms with Gasteiger partial charge in [0.05, 0.1) is 12.2 Å². The molecular formula is C11H18FN3. The van der Waals surface area contributed by atoms with Crippen LogP contribution in [-0.4, -0.2) is 22.4 Å². The topological polar surface area (TPSA) is 29.9 Å². The monoisotopic (exact) mass is 211 g/mol. The molecular weight excluding hydrogens is 193 g/mol. The predicted octanol–water partition coefficient (Wildman–Crippen LogP) is 1.84. The Hall–Kier alpha value is -0.900. The largest absolute Gasteiger partial charge is 0.312 e. The molecule has 0 bridgehead atoms. The van der Waals surface area contributed by atoms with Crippen molar-refractivity contribution < 1.29 is 4.39 Å². The highest BCUT2D eigenvalue weighted by Crippen LogP contribution is 2.24. The van der Waals surface area contributed by atoms with Gasteiger partial charge in [0, 0.05) is 12.2 Å². The van der Waals surface area contributed by atoms with Gasteiger partial charge in [-0.2, -0.15) is 5.10 Å². The third-order valence-corrected chi connectivity index (χ3v) is 2.88. The second-order valence-electron chi connectivity index (χ2n) is 4.66. The van der Waals surface area contributed by atoms with Crippen LogP contribution in [0, 0.1) is 0 Å². The van der Waals surface area contributed by atoms with Crippen LogP contribution >= 0.6 is 0 Å². The summed E-state index contributed by atoms with van der Waals surface area (Å²) in [5, 5.41) is 7.57. The Labute approximate surface area is 89.7 Å². The molecule has 1 aliphatic heterocycles. The molecule has 0 aliphatic carbocycles. The summed E-state index contributed by atoms with van der Waals surface area (Å²) in [7, 11) is 0. The van der Waals surface area contributed by atoms with Gasteiger partial charge in [0.2, 0.25) is 0 Å². The van der Waals surface area contributed by atoms with E-state index in [4.69, 9.17) is 0 Å². The van der Waals surface area contributed by atoms with E-state index in [9.17, 15) is 4.39 Å². The minimum absolute atomic E-state index is 0.450. The van der Waals surface area contributed by atoms with Gasteiger partial charge >= 0.3 is 0 Å². The van der Waals surface area contributed by atoms with Crippen molar-refractivity contribution in [1.82, 2.24) is 15.1 Å². The number of hydrogen-bond donors (Lipinski definition) is 1. The van der Waals surface area contributed by atoms with Gasteiger partial charge in [-0.25, -0.2) is 4.39 Å². The molecule has 0 saturated carbocycles. The van der Waals surface area contributed by atoms with Crippen LogP contribution in [0.5, 0.6) is 0 Å². The molecule has 1 fully saturated rings. The minimum atomic E-state index is -1.31. The molecule has 0 aromatic carbocycles. The number of rotatable bonds is 3. The van der Waals surface area contributed by atoms with E-state index in [2.05, 4.69) is 10.4 Å². The average molecular weight is 211 g/mol. The summed E-state index contributed by atoms with van der Waals surface area (Å²) in [5.74, 6) is 0. The number of aromatic nitrogens is 2. The average Bonchev–Trinajstić information content (AvgIpc) is 2.73. The summed E-state index contributed by atoms with van der Waals surface area (Å²) in [6.07, 6.45) is 4.04. The standard InChI is InChI=1S/C11H18FN3/c1-11(2,12)10-5-7-14-15(10)8-9-4-3-6-13-9/h5,7,9,13H,3-4,6,8H2,1-2H3. The molecule has 1 N–H and O–H groups in total. The normalized spacial score (nSPS) is 22.2. The Morgan fingerprint density at radius 1 is 1.67 bits per heavy atom. The summed E-state index contributed by atoms with van der Waals surface area (Å²) in [6, 6.07) is 2.21. The van der Waals surface area contributed by atoms with Gasteiger partial charge in [0.15, 0.2) is 0 Å². The molecule has 1 aromatic rings. The lowest BCUT2D eigenvalue weighted by Gasteiger charge is -2.18. The Kier molecular flexibility index (Phi) is 2.78. The fourth-order valence-electron chi connectivity index (χ4n) is 2.10. The van der Waals surface area contributed by atoms with Crippen LogP contribution < -0.4 is 5.32 Å². The van der Waals surface area contributed by atoms with Gasteiger partial charge in [-0.05, 0) is 39.3 Å². The van der Waals surface area contributed by atoms with Crippen molar-refractivity contribution in [2.75, 3.05) is 6.54 Å². The van der Waals surface area contributed by atoms with Crippen LogP contribution in [0.1, 0.15) is 32.4 Å². The maximum absolute atomic E-state index is 13.8. The fraction of sp³-hybridized carbons (Fsp3) is 0.727. The molecule has 1 atom stereocenters. The van der Waals surface area contributed by atoms with Crippen molar-refractivity contribution in [2.24, 2.45) is 0 Å². The molecule has 15 heavy (non-hydrogen) atoms. The quantitative estimate of drug-likeness (QED) is 0.826. The van der Waals surface area contributed by atoms with E-state index < -0.39 is 5.67 Å². The summed E-state index contributed by atoms with van der Waals surface area (Å²) < 4.78 is 15.6. The Morgan fingerprint density at radius 3 is 3.07 bits per heavy atom. The van der Waals surface area contributed by atoms with E-state index in [1.165, 1.54) is 6.42 Å². The van der Waals surface area contributed by atoms with E-state index in [1.54, 1.807) is 30.8 Å². The highest BCUT2D eigenvalue weighted by atomic mass is 19.1. The van der Waals surface area contributed by atoms with Gasteiger partial charge in [0.25, 0.3) is 0 Å². The van der Waals surface area contributed by atoms with Crippen LogP contribution in [0.3, 0.4) is 0 Å². The minimum Gasteiger partial charge on any atom is -0.312 e. The van der Waals surface area contributed by atoms with Crippen molar-refractivity contribution in [2.45, 2.75) is 44.9 Å². The Balaban J connectivity index is 2.11. The Morgan fingerprint density at radius 2 is 2.47 bits per heavy atom. The first kappa shape index (κ1) is 10.6. The molecule has 1 aliphatic rings. The molecule has 0 spiro atoms. The summed E-state index contributed by atoms with van der Waals surface area (Å²) in [4.78, 5) is 0. The van der Waals surface area contributed by atoms with Crippen LogP contribution in [0.15, 0.2) is 12.3 Å². The first-order chi connectivity index (χ1) is 7.07. The van der Waals surface area contributed by atoms with E-state index in [1.807, 2.05) is 0 Å². The highest BCUT2D eigenvalue weighted by molar-refractivity contribution is 5.09. The zero-order valence-corrected chi connectivity index (χ0v) is 9.33. The van der Waals surface area contributed by atoms with Gasteiger partial charge < -0.3 is 5.32 Å². The van der Waals surface area contributed by atoms with E-state index in [0.29, 0.717) is 11.7 Å². The maximum atomic E-state index is 13.8. The smallest absolute Gasteiger partial charge is 0.146 e. The molecule has 3 nitrogen and oxygen atoms in total. The lowest BCUT2D eigenvalue weighted by molar-refractivity contribution is 0.201. The van der Waals surface area contributed by atoms with Crippen molar-refractivity contribution in [1.29, 1.82) is 0 Å². The SMILES string of the molecule is CC(C)(F)c1ccnn1CC1CCCN1. The molecule has 4 heteroatoms. The first-order valence-corrected chi connectivity index (χ1v) is 5.52. The van der Waals surface area contributed by atoms with Crippen LogP contribution in [0.2, 0.25) is 0 Å². The van der Waals surface area contributed by atoms with E-state index >= 15 is 0 Å². The molecule has 0 amide bonds. The summed E-state index contributed by atoms with van der Waals surface area (Å²) in [5.41, 5.74) is -0.647. The first-order valence-electron chi connectivity index (χ1n) is 5.52. The molecule has 2 heterocycles. The zero-order chi connectivity index (χ0) is 10.9. The highest BCUT2D eigenvalue weighted by Gasteiger charge is 2.25. The Bertz CT molecular complexity index is 321. The number of halogens is 1. The summed E-state index contributed by atoms with van der Waals surface area (Å²) >= 11 is 0. The number of nitrogens with one attached hydrogen (secondary N) is 1. The van der Waals surface area contributed by atoms with Gasteiger partial charge in [-0.1, -0.05) is 0 Å². The number of hydrogen-bond acceptors (Lipinski definition) is 2. The molecule has 0 radical (unpaired) electrons. The third-order valence-electron chi connectivity index (χ3n) is 2.88. The van der Waals surface area contributed by atoms with Crippen LogP contribution in [-0.2, 0) is 12.2 Å². The van der Waals surface area contributed by atoms with Crippen molar-refractivity contribution in [3.8, 4) is 0 Å². The molecule has 1 aromatic heterocycles. The van der Waals surface area contributed by atoms with Gasteiger partial charge in [-0.15, -0.1) is 0 Å². The third kappa shape index (κ3) is 2.37. The fourth-order valence-corrected chi connectivity index (χ4v) is 2.10. The van der Waals surface area contributed by atoms with E-state index in [-0.39, 0.29) is 0 Å². The van der Waals surface area contributed by atoms with E-state index in [0.717, 1.165) is 19.5 Å². The van der Waals surface area contributed by atoms with Gasteiger partial charge in [0.1, 0.15) is 5.67 Å². The predicted molar refractivity (Wildman–Crippen MR) is 57.4 cm³/mol. The second kappa shape index (κ2) is 3.93. The maximum Gasteiger partial charge on any atom is 0.146 e. The zero-order valence-electron chi connectivity index (χ0n) is 9.33. The molecule has 1 unspecified atom stereocenters. The van der Waals surface area contributed by atoms with Crippen LogP contribution in [0.25, 0.3) is 0 Å². The lowest BCUT2D eigenvalue weighted by atomic mass is 10.1. The summed E-state index contributed by atoms with van der Waals surface area (Å²) in [6.45, 7) is 4.99. The number of alkyl halides is 1.